The van der Waals surface area contributed by atoms with E-state index in [-0.39, 0.29) is 5.91 Å². The molecule has 0 atom stereocenters. The summed E-state index contributed by atoms with van der Waals surface area (Å²) >= 11 is 20.0. The fourth-order valence-corrected chi connectivity index (χ4v) is 4.80. The predicted octanol–water partition coefficient (Wildman–Crippen LogP) is 5.24. The Bertz CT molecular complexity index is 1040. The van der Waals surface area contributed by atoms with Gasteiger partial charge in [0, 0.05) is 36.2 Å². The number of fused-ring (bicyclic) bond motifs is 1. The maximum atomic E-state index is 13.4. The van der Waals surface area contributed by atoms with Crippen molar-refractivity contribution in [3.8, 4) is 0 Å². The monoisotopic (exact) mass is 469 g/mol. The molecule has 4 rings (SSSR count). The summed E-state index contributed by atoms with van der Waals surface area (Å²) in [7, 11) is 0. The van der Waals surface area contributed by atoms with E-state index < -0.39 is 0 Å². The number of nitrogens with zero attached hydrogens (tertiary/aromatic N) is 3. The third-order valence-electron chi connectivity index (χ3n) is 4.72. The highest BCUT2D eigenvalue weighted by atomic mass is 35.5. The van der Waals surface area contributed by atoms with Crippen molar-refractivity contribution in [2.75, 3.05) is 44.3 Å². The Morgan fingerprint density at radius 3 is 2.62 bits per heavy atom. The van der Waals surface area contributed by atoms with Gasteiger partial charge in [-0.2, -0.15) is 0 Å². The quantitative estimate of drug-likeness (QED) is 0.512. The molecule has 2 aromatic carbocycles. The van der Waals surface area contributed by atoms with Gasteiger partial charge in [-0.3, -0.25) is 14.6 Å². The summed E-state index contributed by atoms with van der Waals surface area (Å²) in [6.45, 7) is 4.28. The lowest BCUT2D eigenvalue weighted by molar-refractivity contribution is 0.0391. The molecule has 1 aromatic heterocycles. The summed E-state index contributed by atoms with van der Waals surface area (Å²) in [6.07, 6.45) is 0. The number of amides is 1. The normalized spacial score (nSPS) is 15.0. The Labute approximate surface area is 187 Å². The first-order valence-electron chi connectivity index (χ1n) is 9.14. The molecule has 3 aromatic rings. The van der Waals surface area contributed by atoms with Crippen LogP contribution < -0.4 is 4.90 Å². The maximum absolute atomic E-state index is 13.4. The summed E-state index contributed by atoms with van der Waals surface area (Å²) < 4.78 is 6.34. The third kappa shape index (κ3) is 4.85. The van der Waals surface area contributed by atoms with Gasteiger partial charge in [0.25, 0.3) is 5.91 Å². The van der Waals surface area contributed by atoms with Crippen LogP contribution in [0.5, 0.6) is 0 Å². The minimum absolute atomic E-state index is 0.226. The van der Waals surface area contributed by atoms with Gasteiger partial charge < -0.3 is 4.74 Å². The van der Waals surface area contributed by atoms with E-state index in [1.165, 1.54) is 11.3 Å². The van der Waals surface area contributed by atoms with Crippen molar-refractivity contribution in [1.82, 2.24) is 9.88 Å². The van der Waals surface area contributed by atoms with E-state index in [1.807, 2.05) is 12.1 Å². The second-order valence-electron chi connectivity index (χ2n) is 6.64. The molecule has 0 bridgehead atoms. The topological polar surface area (TPSA) is 45.7 Å². The molecule has 1 aliphatic rings. The number of carbonyl (C=O) groups excluding carboxylic acids is 1. The molecule has 1 saturated heterocycles. The zero-order chi connectivity index (χ0) is 20.4. The summed E-state index contributed by atoms with van der Waals surface area (Å²) in [5, 5.41) is 2.07. The second-order valence-corrected chi connectivity index (χ2v) is 8.93. The Hall–Kier alpha value is -1.41. The molecule has 0 unspecified atom stereocenters. The molecule has 1 amide bonds. The maximum Gasteiger partial charge on any atom is 0.261 e. The fourth-order valence-electron chi connectivity index (χ4n) is 3.16. The number of hydrogen-bond donors (Lipinski definition) is 0. The average Bonchev–Trinajstić information content (AvgIpc) is 3.13. The minimum Gasteiger partial charge on any atom is -0.379 e. The first kappa shape index (κ1) is 20.8. The largest absolute Gasteiger partial charge is 0.379 e. The van der Waals surface area contributed by atoms with Crippen molar-refractivity contribution in [2.24, 2.45) is 0 Å². The van der Waals surface area contributed by atoms with Crippen molar-refractivity contribution < 1.29 is 9.53 Å². The number of halogens is 3. The van der Waals surface area contributed by atoms with Crippen molar-refractivity contribution in [3.63, 3.8) is 0 Å². The van der Waals surface area contributed by atoms with E-state index in [0.717, 1.165) is 23.3 Å². The summed E-state index contributed by atoms with van der Waals surface area (Å²) in [5.74, 6) is -0.226. The van der Waals surface area contributed by atoms with Crippen LogP contribution in [-0.4, -0.2) is 55.2 Å². The number of rotatable bonds is 5. The molecule has 1 aliphatic heterocycles. The molecule has 2 heterocycles. The first-order valence-corrected chi connectivity index (χ1v) is 11.1. The molecule has 0 radical (unpaired) electrons. The molecule has 152 valence electrons. The number of carbonyl (C=O) groups is 1. The number of aromatic nitrogens is 1. The van der Waals surface area contributed by atoms with Crippen LogP contribution in [0.3, 0.4) is 0 Å². The molecule has 0 aliphatic carbocycles. The third-order valence-corrected chi connectivity index (χ3v) is 6.56. The van der Waals surface area contributed by atoms with Crippen LogP contribution in [0.1, 0.15) is 10.4 Å². The van der Waals surface area contributed by atoms with Gasteiger partial charge in [0.1, 0.15) is 0 Å². The van der Waals surface area contributed by atoms with Crippen LogP contribution in [0.4, 0.5) is 5.13 Å². The molecule has 29 heavy (non-hydrogen) atoms. The molecular formula is C20H18Cl3N3O2S. The smallest absolute Gasteiger partial charge is 0.261 e. The minimum atomic E-state index is -0.226. The summed E-state index contributed by atoms with van der Waals surface area (Å²) in [5.41, 5.74) is 1.16. The molecule has 0 N–H and O–H groups in total. The molecule has 5 nitrogen and oxygen atoms in total. The van der Waals surface area contributed by atoms with Gasteiger partial charge in [-0.05, 0) is 36.4 Å². The van der Waals surface area contributed by atoms with E-state index in [1.54, 1.807) is 29.2 Å². The lowest BCUT2D eigenvalue weighted by atomic mass is 10.2. The van der Waals surface area contributed by atoms with E-state index >= 15 is 0 Å². The molecule has 9 heteroatoms. The van der Waals surface area contributed by atoms with Gasteiger partial charge in [0.05, 0.1) is 34.0 Å². The van der Waals surface area contributed by atoms with Crippen LogP contribution in [0.15, 0.2) is 36.4 Å². The highest BCUT2D eigenvalue weighted by Gasteiger charge is 2.24. The zero-order valence-corrected chi connectivity index (χ0v) is 18.5. The Kier molecular flexibility index (Phi) is 6.59. The molecule has 0 saturated carbocycles. The second kappa shape index (κ2) is 9.16. The molecule has 1 fully saturated rings. The van der Waals surface area contributed by atoms with Crippen LogP contribution >= 0.6 is 46.1 Å². The van der Waals surface area contributed by atoms with Crippen LogP contribution in [0.2, 0.25) is 15.1 Å². The number of thiazole rings is 1. The van der Waals surface area contributed by atoms with Gasteiger partial charge in [-0.1, -0.05) is 46.1 Å². The lowest BCUT2D eigenvalue weighted by Gasteiger charge is -2.29. The highest BCUT2D eigenvalue weighted by molar-refractivity contribution is 7.22. The Balaban J connectivity index is 1.67. The van der Waals surface area contributed by atoms with Gasteiger partial charge in [-0.25, -0.2) is 4.98 Å². The van der Waals surface area contributed by atoms with Crippen LogP contribution in [-0.2, 0) is 4.74 Å². The van der Waals surface area contributed by atoms with E-state index in [0.29, 0.717) is 52.1 Å². The van der Waals surface area contributed by atoms with Crippen LogP contribution in [0, 0.1) is 0 Å². The lowest BCUT2D eigenvalue weighted by Crippen LogP contribution is -2.43. The number of anilines is 1. The van der Waals surface area contributed by atoms with Gasteiger partial charge in [0.15, 0.2) is 5.13 Å². The summed E-state index contributed by atoms with van der Waals surface area (Å²) in [4.78, 5) is 22.0. The number of benzene rings is 2. The van der Waals surface area contributed by atoms with Crippen molar-refractivity contribution >= 4 is 67.4 Å². The Morgan fingerprint density at radius 2 is 1.83 bits per heavy atom. The first-order chi connectivity index (χ1) is 14.0. The van der Waals surface area contributed by atoms with Gasteiger partial charge in [-0.15, -0.1) is 0 Å². The van der Waals surface area contributed by atoms with Gasteiger partial charge >= 0.3 is 0 Å². The zero-order valence-electron chi connectivity index (χ0n) is 15.4. The molecular weight excluding hydrogens is 453 g/mol. The van der Waals surface area contributed by atoms with E-state index in [4.69, 9.17) is 39.5 Å². The fraction of sp³-hybridized carbons (Fsp3) is 0.300. The van der Waals surface area contributed by atoms with Crippen LogP contribution in [0.25, 0.3) is 10.2 Å². The van der Waals surface area contributed by atoms with Crippen molar-refractivity contribution in [3.05, 3.63) is 57.0 Å². The van der Waals surface area contributed by atoms with E-state index in [2.05, 4.69) is 9.88 Å². The number of morpholine rings is 1. The number of hydrogen-bond acceptors (Lipinski definition) is 5. The SMILES string of the molecule is O=C(c1cc(Cl)ccc1Cl)N(CCN1CCOCC1)c1nc2ccc(Cl)cc2s1. The summed E-state index contributed by atoms with van der Waals surface area (Å²) in [6, 6.07) is 10.4. The Morgan fingerprint density at radius 1 is 1.10 bits per heavy atom. The average molecular weight is 471 g/mol. The van der Waals surface area contributed by atoms with E-state index in [9.17, 15) is 4.79 Å². The van der Waals surface area contributed by atoms with Gasteiger partial charge in [0.2, 0.25) is 0 Å². The van der Waals surface area contributed by atoms with Crippen molar-refractivity contribution in [1.29, 1.82) is 0 Å². The molecule has 0 spiro atoms. The van der Waals surface area contributed by atoms with Crippen molar-refractivity contribution in [2.45, 2.75) is 0 Å². The predicted molar refractivity (Wildman–Crippen MR) is 120 cm³/mol. The highest BCUT2D eigenvalue weighted by Crippen LogP contribution is 2.32. The standard InChI is InChI=1S/C20H18Cl3N3O2S/c21-13-1-3-16(23)15(11-13)19(27)26(6-5-25-7-9-28-10-8-25)20-24-17-4-2-14(22)12-18(17)29-20/h1-4,11-12H,5-10H2. The number of ether oxygens (including phenoxy) is 1.